The van der Waals surface area contributed by atoms with Crippen molar-refractivity contribution >= 4 is 15.7 Å². The lowest BCUT2D eigenvalue weighted by atomic mass is 10.0. The fourth-order valence-electron chi connectivity index (χ4n) is 3.22. The van der Waals surface area contributed by atoms with E-state index in [2.05, 4.69) is 9.46 Å². The molecule has 0 bridgehead atoms. The third-order valence-corrected chi connectivity index (χ3v) is 6.26. The Bertz CT molecular complexity index is 1210. The Morgan fingerprint density at radius 1 is 0.903 bits per heavy atom. The summed E-state index contributed by atoms with van der Waals surface area (Å²) in [6.45, 7) is -3.14. The van der Waals surface area contributed by atoms with Crippen molar-refractivity contribution in [1.29, 1.82) is 0 Å². The Balaban J connectivity index is 1.63. The molecule has 4 nitrogen and oxygen atoms in total. The number of alkyl halides is 2. The van der Waals surface area contributed by atoms with E-state index in [0.717, 1.165) is 48.7 Å². The number of anilines is 1. The van der Waals surface area contributed by atoms with Crippen LogP contribution >= 0.6 is 0 Å². The summed E-state index contributed by atoms with van der Waals surface area (Å²) in [6, 6.07) is 12.8. The first-order chi connectivity index (χ1) is 14.7. The van der Waals surface area contributed by atoms with Crippen LogP contribution in [0.3, 0.4) is 0 Å². The summed E-state index contributed by atoms with van der Waals surface area (Å²) >= 11 is 0. The summed E-state index contributed by atoms with van der Waals surface area (Å²) in [5.41, 5.74) is 1.02. The number of sulfonamides is 1. The van der Waals surface area contributed by atoms with Crippen molar-refractivity contribution in [2.45, 2.75) is 30.3 Å². The minimum Gasteiger partial charge on any atom is -0.435 e. The molecule has 1 fully saturated rings. The second kappa shape index (κ2) is 8.22. The van der Waals surface area contributed by atoms with E-state index >= 15 is 0 Å². The van der Waals surface area contributed by atoms with Crippen molar-refractivity contribution in [2.24, 2.45) is 0 Å². The molecule has 3 aromatic carbocycles. The summed E-state index contributed by atoms with van der Waals surface area (Å²) in [4.78, 5) is -0.0277. The van der Waals surface area contributed by atoms with Gasteiger partial charge in [-0.3, -0.25) is 4.72 Å². The zero-order chi connectivity index (χ0) is 22.2. The first kappa shape index (κ1) is 21.2. The number of hydrogen-bond acceptors (Lipinski definition) is 3. The number of rotatable bonds is 7. The molecule has 0 unspecified atom stereocenters. The zero-order valence-electron chi connectivity index (χ0n) is 16.0. The zero-order valence-corrected chi connectivity index (χ0v) is 16.8. The molecule has 0 saturated heterocycles. The van der Waals surface area contributed by atoms with Crippen LogP contribution < -0.4 is 9.46 Å². The SMILES string of the molecule is O=S(=O)(Nc1cc(-c2cc(F)cc(OC(F)F)c2)ccc1F)c1ccc(C2CC2)cc1. The molecular formula is C22H17F4NO3S. The third-order valence-electron chi connectivity index (χ3n) is 4.88. The molecule has 1 N–H and O–H groups in total. The molecule has 0 aromatic heterocycles. The van der Waals surface area contributed by atoms with Crippen LogP contribution in [0.4, 0.5) is 23.2 Å². The van der Waals surface area contributed by atoms with Crippen LogP contribution in [0.5, 0.6) is 5.75 Å². The Morgan fingerprint density at radius 3 is 2.26 bits per heavy atom. The van der Waals surface area contributed by atoms with Crippen molar-refractivity contribution in [2.75, 3.05) is 4.72 Å². The monoisotopic (exact) mass is 451 g/mol. The normalized spacial score (nSPS) is 14.0. The van der Waals surface area contributed by atoms with E-state index in [1.54, 1.807) is 12.1 Å². The highest BCUT2D eigenvalue weighted by Crippen LogP contribution is 2.40. The Morgan fingerprint density at radius 2 is 1.61 bits per heavy atom. The molecule has 0 atom stereocenters. The molecule has 1 aliphatic carbocycles. The van der Waals surface area contributed by atoms with Crippen LogP contribution in [0.15, 0.2) is 65.6 Å². The number of halogens is 4. The van der Waals surface area contributed by atoms with Crippen LogP contribution in [0.25, 0.3) is 11.1 Å². The Labute approximate surface area is 176 Å². The van der Waals surface area contributed by atoms with Gasteiger partial charge in [0.05, 0.1) is 10.6 Å². The molecule has 31 heavy (non-hydrogen) atoms. The van der Waals surface area contributed by atoms with Gasteiger partial charge in [-0.2, -0.15) is 8.78 Å². The maximum atomic E-state index is 14.3. The first-order valence-corrected chi connectivity index (χ1v) is 10.9. The van der Waals surface area contributed by atoms with E-state index in [0.29, 0.717) is 5.92 Å². The Hall–Kier alpha value is -3.07. The van der Waals surface area contributed by atoms with Crippen LogP contribution in [-0.4, -0.2) is 15.0 Å². The highest BCUT2D eigenvalue weighted by molar-refractivity contribution is 7.92. The highest BCUT2D eigenvalue weighted by atomic mass is 32.2. The van der Waals surface area contributed by atoms with Gasteiger partial charge in [-0.1, -0.05) is 18.2 Å². The molecule has 0 radical (unpaired) electrons. The lowest BCUT2D eigenvalue weighted by Crippen LogP contribution is -2.14. The second-order valence-electron chi connectivity index (χ2n) is 7.20. The van der Waals surface area contributed by atoms with E-state index in [-0.39, 0.29) is 21.7 Å². The smallest absolute Gasteiger partial charge is 0.387 e. The molecule has 0 amide bonds. The minimum atomic E-state index is -4.08. The highest BCUT2D eigenvalue weighted by Gasteiger charge is 2.24. The average molecular weight is 451 g/mol. The van der Waals surface area contributed by atoms with Crippen molar-refractivity contribution in [1.82, 2.24) is 0 Å². The summed E-state index contributed by atoms with van der Waals surface area (Å²) in [7, 11) is -4.08. The molecule has 0 aliphatic heterocycles. The summed E-state index contributed by atoms with van der Waals surface area (Å²) in [5, 5.41) is 0. The van der Waals surface area contributed by atoms with E-state index in [1.807, 2.05) is 0 Å². The van der Waals surface area contributed by atoms with Gasteiger partial charge < -0.3 is 4.74 Å². The summed E-state index contributed by atoms with van der Waals surface area (Å²) in [5.74, 6) is -1.63. The van der Waals surface area contributed by atoms with Gasteiger partial charge in [-0.15, -0.1) is 0 Å². The maximum absolute atomic E-state index is 14.3. The molecule has 9 heteroatoms. The standard InChI is InChI=1S/C22H17F4NO3S/c23-17-9-16(10-18(12-17)30-22(25)26)15-5-8-20(24)21(11-15)27-31(28,29)19-6-3-14(4-7-19)13-1-2-13/h3-13,22,27H,1-2H2. The van der Waals surface area contributed by atoms with Gasteiger partial charge in [0, 0.05) is 6.07 Å². The quantitative estimate of drug-likeness (QED) is 0.455. The van der Waals surface area contributed by atoms with Gasteiger partial charge in [0.15, 0.2) is 0 Å². The second-order valence-corrected chi connectivity index (χ2v) is 8.88. The van der Waals surface area contributed by atoms with Gasteiger partial charge >= 0.3 is 6.61 Å². The van der Waals surface area contributed by atoms with Crippen molar-refractivity contribution in [3.8, 4) is 16.9 Å². The number of ether oxygens (including phenoxy) is 1. The molecule has 0 heterocycles. The fourth-order valence-corrected chi connectivity index (χ4v) is 4.28. The largest absolute Gasteiger partial charge is 0.435 e. The lowest BCUT2D eigenvalue weighted by Gasteiger charge is -2.12. The van der Waals surface area contributed by atoms with Crippen LogP contribution in [0, 0.1) is 11.6 Å². The minimum absolute atomic E-state index is 0.0277. The van der Waals surface area contributed by atoms with Gasteiger partial charge in [0.2, 0.25) is 0 Å². The van der Waals surface area contributed by atoms with Crippen LogP contribution in [0.1, 0.15) is 24.3 Å². The number of nitrogens with one attached hydrogen (secondary N) is 1. The van der Waals surface area contributed by atoms with Crippen LogP contribution in [0.2, 0.25) is 0 Å². The molecule has 3 aromatic rings. The summed E-state index contributed by atoms with van der Waals surface area (Å²) in [6.07, 6.45) is 2.15. The maximum Gasteiger partial charge on any atom is 0.387 e. The van der Waals surface area contributed by atoms with Gasteiger partial charge in [0.25, 0.3) is 10.0 Å². The van der Waals surface area contributed by atoms with Crippen molar-refractivity contribution in [3.63, 3.8) is 0 Å². The number of hydrogen-bond donors (Lipinski definition) is 1. The lowest BCUT2D eigenvalue weighted by molar-refractivity contribution is -0.0499. The van der Waals surface area contributed by atoms with Gasteiger partial charge in [-0.25, -0.2) is 17.2 Å². The molecule has 4 rings (SSSR count). The molecule has 162 valence electrons. The average Bonchev–Trinajstić information content (AvgIpc) is 3.54. The van der Waals surface area contributed by atoms with Gasteiger partial charge in [0.1, 0.15) is 17.4 Å². The van der Waals surface area contributed by atoms with Crippen LogP contribution in [-0.2, 0) is 10.0 Å². The molecule has 0 spiro atoms. The molecule has 1 saturated carbocycles. The topological polar surface area (TPSA) is 55.4 Å². The fraction of sp³-hybridized carbons (Fsp3) is 0.182. The van der Waals surface area contributed by atoms with Crippen molar-refractivity contribution < 1.29 is 30.7 Å². The molecular weight excluding hydrogens is 434 g/mol. The van der Waals surface area contributed by atoms with E-state index in [1.165, 1.54) is 18.2 Å². The number of benzene rings is 3. The van der Waals surface area contributed by atoms with Gasteiger partial charge in [-0.05, 0) is 71.8 Å². The van der Waals surface area contributed by atoms with E-state index in [4.69, 9.17) is 0 Å². The Kier molecular flexibility index (Phi) is 5.62. The predicted octanol–water partition coefficient (Wildman–Crippen LogP) is 5.91. The third kappa shape index (κ3) is 4.99. The van der Waals surface area contributed by atoms with E-state index in [9.17, 15) is 26.0 Å². The molecule has 1 aliphatic rings. The van der Waals surface area contributed by atoms with E-state index < -0.39 is 34.0 Å². The summed E-state index contributed by atoms with van der Waals surface area (Å²) < 4.78 is 84.8. The predicted molar refractivity (Wildman–Crippen MR) is 108 cm³/mol. The first-order valence-electron chi connectivity index (χ1n) is 9.39. The van der Waals surface area contributed by atoms with Crippen molar-refractivity contribution in [3.05, 3.63) is 77.9 Å².